The number of hydrogen-bond acceptors (Lipinski definition) is 3. The van der Waals surface area contributed by atoms with Crippen LogP contribution in [-0.2, 0) is 11.8 Å². The molecule has 2 aliphatic rings. The van der Waals surface area contributed by atoms with E-state index >= 15 is 0 Å². The lowest BCUT2D eigenvalue weighted by Gasteiger charge is -2.20. The van der Waals surface area contributed by atoms with Crippen LogP contribution in [0.4, 0.5) is 4.79 Å². The molecular formula is C21H23ClN2O3. The van der Waals surface area contributed by atoms with Gasteiger partial charge in [0.05, 0.1) is 5.02 Å². The second-order valence-corrected chi connectivity index (χ2v) is 7.51. The SMILES string of the molecule is O=C(NCCc1cc(Cl)c2c(c1)OCCO2)NCC1(c2ccccc2)CC1. The summed E-state index contributed by atoms with van der Waals surface area (Å²) < 4.78 is 11.1. The van der Waals surface area contributed by atoms with E-state index in [-0.39, 0.29) is 11.4 Å². The van der Waals surface area contributed by atoms with Crippen LogP contribution < -0.4 is 20.1 Å². The van der Waals surface area contributed by atoms with Crippen molar-refractivity contribution in [1.82, 2.24) is 10.6 Å². The molecule has 1 aliphatic heterocycles. The third-order valence-electron chi connectivity index (χ3n) is 5.18. The fraction of sp³-hybridized carbons (Fsp3) is 0.381. The summed E-state index contributed by atoms with van der Waals surface area (Å²) in [5.74, 6) is 1.28. The molecule has 142 valence electrons. The van der Waals surface area contributed by atoms with Gasteiger partial charge < -0.3 is 20.1 Å². The van der Waals surface area contributed by atoms with Crippen LogP contribution in [0, 0.1) is 0 Å². The molecule has 0 bridgehead atoms. The van der Waals surface area contributed by atoms with E-state index in [2.05, 4.69) is 22.8 Å². The first kappa shape index (κ1) is 18.0. The second kappa shape index (κ2) is 7.69. The normalized spacial score (nSPS) is 16.5. The number of hydrogen-bond donors (Lipinski definition) is 2. The number of halogens is 1. The van der Waals surface area contributed by atoms with Crippen molar-refractivity contribution in [2.24, 2.45) is 0 Å². The molecule has 0 aromatic heterocycles. The van der Waals surface area contributed by atoms with Crippen LogP contribution in [0.15, 0.2) is 42.5 Å². The molecule has 4 rings (SSSR count). The molecule has 2 aromatic carbocycles. The van der Waals surface area contributed by atoms with E-state index < -0.39 is 0 Å². The minimum atomic E-state index is -0.138. The average Bonchev–Trinajstić information content (AvgIpc) is 3.49. The number of urea groups is 1. The van der Waals surface area contributed by atoms with Gasteiger partial charge in [-0.25, -0.2) is 4.79 Å². The molecule has 0 saturated heterocycles. The summed E-state index contributed by atoms with van der Waals surface area (Å²) in [4.78, 5) is 12.1. The summed E-state index contributed by atoms with van der Waals surface area (Å²) in [6, 6.07) is 14.0. The summed E-state index contributed by atoms with van der Waals surface area (Å²) >= 11 is 6.25. The van der Waals surface area contributed by atoms with Gasteiger partial charge in [0.1, 0.15) is 13.2 Å². The maximum absolute atomic E-state index is 12.1. The fourth-order valence-electron chi connectivity index (χ4n) is 3.45. The quantitative estimate of drug-likeness (QED) is 0.796. The van der Waals surface area contributed by atoms with Crippen LogP contribution in [0.2, 0.25) is 5.02 Å². The van der Waals surface area contributed by atoms with E-state index in [0.29, 0.717) is 49.2 Å². The maximum Gasteiger partial charge on any atom is 0.314 e. The number of rotatable bonds is 6. The molecule has 2 amide bonds. The zero-order valence-electron chi connectivity index (χ0n) is 15.1. The molecule has 2 N–H and O–H groups in total. The van der Waals surface area contributed by atoms with Crippen LogP contribution >= 0.6 is 11.6 Å². The van der Waals surface area contributed by atoms with E-state index in [1.807, 2.05) is 30.3 Å². The summed E-state index contributed by atoms with van der Waals surface area (Å²) in [6.45, 7) is 2.23. The van der Waals surface area contributed by atoms with Gasteiger partial charge in [-0.3, -0.25) is 0 Å². The van der Waals surface area contributed by atoms with Gasteiger partial charge in [0.25, 0.3) is 0 Å². The molecule has 1 fully saturated rings. The lowest BCUT2D eigenvalue weighted by atomic mass is 9.96. The zero-order chi connectivity index (χ0) is 18.7. The number of amides is 2. The highest BCUT2D eigenvalue weighted by atomic mass is 35.5. The van der Waals surface area contributed by atoms with Crippen molar-refractivity contribution < 1.29 is 14.3 Å². The van der Waals surface area contributed by atoms with Gasteiger partial charge in [-0.05, 0) is 42.5 Å². The fourth-order valence-corrected chi connectivity index (χ4v) is 3.74. The predicted molar refractivity (Wildman–Crippen MR) is 105 cm³/mol. The van der Waals surface area contributed by atoms with Gasteiger partial charge in [-0.1, -0.05) is 41.9 Å². The Balaban J connectivity index is 1.25. The standard InChI is InChI=1S/C21H23ClN2O3/c22-17-12-15(13-18-19(17)27-11-10-26-18)6-9-23-20(25)24-14-21(7-8-21)16-4-2-1-3-5-16/h1-5,12-13H,6-11,14H2,(H2,23,24,25). The van der Waals surface area contributed by atoms with Gasteiger partial charge >= 0.3 is 6.03 Å². The highest BCUT2D eigenvalue weighted by molar-refractivity contribution is 6.32. The zero-order valence-corrected chi connectivity index (χ0v) is 15.8. The summed E-state index contributed by atoms with van der Waals surface area (Å²) in [5, 5.41) is 6.47. The molecule has 0 atom stereocenters. The highest BCUT2D eigenvalue weighted by Crippen LogP contribution is 2.47. The van der Waals surface area contributed by atoms with E-state index in [9.17, 15) is 4.79 Å². The molecule has 6 heteroatoms. The van der Waals surface area contributed by atoms with Crippen LogP contribution in [0.25, 0.3) is 0 Å². The number of benzene rings is 2. The summed E-state index contributed by atoms with van der Waals surface area (Å²) in [6.07, 6.45) is 2.91. The Morgan fingerprint density at radius 2 is 1.85 bits per heavy atom. The Morgan fingerprint density at radius 1 is 1.07 bits per heavy atom. The van der Waals surface area contributed by atoms with E-state index in [0.717, 1.165) is 18.4 Å². The molecule has 27 heavy (non-hydrogen) atoms. The van der Waals surface area contributed by atoms with Crippen molar-refractivity contribution in [3.63, 3.8) is 0 Å². The number of ether oxygens (including phenoxy) is 2. The number of carbonyl (C=O) groups excluding carboxylic acids is 1. The minimum Gasteiger partial charge on any atom is -0.486 e. The van der Waals surface area contributed by atoms with Crippen LogP contribution in [0.1, 0.15) is 24.0 Å². The van der Waals surface area contributed by atoms with Crippen LogP contribution in [-0.4, -0.2) is 32.3 Å². The molecule has 2 aromatic rings. The number of nitrogens with one attached hydrogen (secondary N) is 2. The Bertz CT molecular complexity index is 822. The first-order chi connectivity index (χ1) is 13.2. The van der Waals surface area contributed by atoms with Gasteiger partial charge in [-0.2, -0.15) is 0 Å². The van der Waals surface area contributed by atoms with Crippen molar-refractivity contribution >= 4 is 17.6 Å². The van der Waals surface area contributed by atoms with Gasteiger partial charge in [0.15, 0.2) is 11.5 Å². The van der Waals surface area contributed by atoms with Gasteiger partial charge in [0, 0.05) is 18.5 Å². The third kappa shape index (κ3) is 4.14. The van der Waals surface area contributed by atoms with E-state index in [1.54, 1.807) is 0 Å². The van der Waals surface area contributed by atoms with Gasteiger partial charge in [-0.15, -0.1) is 0 Å². The van der Waals surface area contributed by atoms with Crippen molar-refractivity contribution in [3.8, 4) is 11.5 Å². The Hall–Kier alpha value is -2.40. The molecule has 0 radical (unpaired) electrons. The molecular weight excluding hydrogens is 364 g/mol. The minimum absolute atomic E-state index is 0.113. The molecule has 1 saturated carbocycles. The Labute approximate surface area is 164 Å². The molecule has 0 spiro atoms. The lowest BCUT2D eigenvalue weighted by Crippen LogP contribution is -2.40. The number of fused-ring (bicyclic) bond motifs is 1. The predicted octanol–water partition coefficient (Wildman–Crippen LogP) is 3.68. The Kier molecular flexibility index (Phi) is 5.12. The van der Waals surface area contributed by atoms with Crippen molar-refractivity contribution in [2.45, 2.75) is 24.7 Å². The largest absolute Gasteiger partial charge is 0.486 e. The van der Waals surface area contributed by atoms with Gasteiger partial charge in [0.2, 0.25) is 0 Å². The average molecular weight is 387 g/mol. The van der Waals surface area contributed by atoms with Crippen molar-refractivity contribution in [3.05, 3.63) is 58.6 Å². The molecule has 1 aliphatic carbocycles. The number of carbonyl (C=O) groups is 1. The smallest absolute Gasteiger partial charge is 0.314 e. The molecule has 5 nitrogen and oxygen atoms in total. The highest BCUT2D eigenvalue weighted by Gasteiger charge is 2.44. The topological polar surface area (TPSA) is 59.6 Å². The van der Waals surface area contributed by atoms with Crippen LogP contribution in [0.5, 0.6) is 11.5 Å². The van der Waals surface area contributed by atoms with Crippen molar-refractivity contribution in [2.75, 3.05) is 26.3 Å². The van der Waals surface area contributed by atoms with E-state index in [4.69, 9.17) is 21.1 Å². The second-order valence-electron chi connectivity index (χ2n) is 7.11. The maximum atomic E-state index is 12.1. The Morgan fingerprint density at radius 3 is 2.63 bits per heavy atom. The first-order valence-corrected chi connectivity index (χ1v) is 9.69. The van der Waals surface area contributed by atoms with Crippen molar-refractivity contribution in [1.29, 1.82) is 0 Å². The monoisotopic (exact) mass is 386 g/mol. The summed E-state index contributed by atoms with van der Waals surface area (Å²) in [5.41, 5.74) is 2.42. The first-order valence-electron chi connectivity index (χ1n) is 9.32. The molecule has 0 unspecified atom stereocenters. The van der Waals surface area contributed by atoms with E-state index in [1.165, 1.54) is 5.56 Å². The lowest BCUT2D eigenvalue weighted by molar-refractivity contribution is 0.171. The molecule has 1 heterocycles. The summed E-state index contributed by atoms with van der Waals surface area (Å²) in [7, 11) is 0. The van der Waals surface area contributed by atoms with Crippen LogP contribution in [0.3, 0.4) is 0 Å². The third-order valence-corrected chi connectivity index (χ3v) is 5.46.